The van der Waals surface area contributed by atoms with E-state index in [1.54, 1.807) is 0 Å². The molecule has 1 unspecified atom stereocenters. The van der Waals surface area contributed by atoms with Crippen LogP contribution >= 0.6 is 0 Å². The second kappa shape index (κ2) is 14.6. The number of primary amides is 1. The number of hydrogen-bond donors (Lipinski definition) is 2. The van der Waals surface area contributed by atoms with Crippen molar-refractivity contribution in [2.45, 2.75) is 122 Å². The number of unbranched alkanes of at least 4 members (excludes halogenated alkanes) is 8. The summed E-state index contributed by atoms with van der Waals surface area (Å²) in [6, 6.07) is -0.0476. The van der Waals surface area contributed by atoms with Crippen molar-refractivity contribution in [2.24, 2.45) is 11.7 Å². The topological polar surface area (TPSA) is 55.1 Å². The smallest absolute Gasteiger partial charge is 0.312 e. The third-order valence-corrected chi connectivity index (χ3v) is 5.65. The minimum atomic E-state index is -0.348. The molecule has 2 amide bonds. The number of nitrogens with two attached hydrogens (primary N) is 1. The fourth-order valence-electron chi connectivity index (χ4n) is 4.10. The van der Waals surface area contributed by atoms with Crippen LogP contribution < -0.4 is 11.1 Å². The minimum absolute atomic E-state index is 0.300. The van der Waals surface area contributed by atoms with E-state index in [9.17, 15) is 4.79 Å². The van der Waals surface area contributed by atoms with E-state index in [1.807, 2.05) is 0 Å². The van der Waals surface area contributed by atoms with Gasteiger partial charge in [0.1, 0.15) is 0 Å². The van der Waals surface area contributed by atoms with Crippen LogP contribution in [0.2, 0.25) is 0 Å². The Balaban J connectivity index is 2.05. The Morgan fingerprint density at radius 1 is 0.917 bits per heavy atom. The fourth-order valence-corrected chi connectivity index (χ4v) is 4.10. The molecule has 1 rings (SSSR count). The van der Waals surface area contributed by atoms with Crippen LogP contribution in [0, 0.1) is 5.92 Å². The van der Waals surface area contributed by atoms with Crippen LogP contribution in [-0.2, 0) is 0 Å². The Morgan fingerprint density at radius 3 is 2.08 bits per heavy atom. The Bertz CT molecular complexity index is 300. The van der Waals surface area contributed by atoms with Gasteiger partial charge in [-0.15, -0.1) is 0 Å². The van der Waals surface area contributed by atoms with Gasteiger partial charge in [-0.25, -0.2) is 4.79 Å². The standard InChI is InChI=1S/C21H42N2O/c1-2-3-4-5-6-7-8-9-13-16-20(23-21(22)24)18-17-19-14-11-10-12-15-19/h19-20H,2-18H2,1H3,(H3,22,23,24). The molecular formula is C21H42N2O. The molecule has 0 aromatic rings. The second-order valence-electron chi connectivity index (χ2n) is 7.90. The summed E-state index contributed by atoms with van der Waals surface area (Å²) in [5.74, 6) is 0.888. The molecule has 3 N–H and O–H groups in total. The number of nitrogens with one attached hydrogen (secondary N) is 1. The van der Waals surface area contributed by atoms with Gasteiger partial charge >= 0.3 is 6.03 Å². The lowest BCUT2D eigenvalue weighted by molar-refractivity contribution is 0.240. The molecule has 1 atom stereocenters. The van der Waals surface area contributed by atoms with E-state index in [-0.39, 0.29) is 6.03 Å². The summed E-state index contributed by atoms with van der Waals surface area (Å²) in [6.07, 6.45) is 22.6. The minimum Gasteiger partial charge on any atom is -0.352 e. The summed E-state index contributed by atoms with van der Waals surface area (Å²) in [4.78, 5) is 11.2. The zero-order valence-corrected chi connectivity index (χ0v) is 16.2. The lowest BCUT2D eigenvalue weighted by Crippen LogP contribution is -2.38. The molecule has 24 heavy (non-hydrogen) atoms. The van der Waals surface area contributed by atoms with Gasteiger partial charge < -0.3 is 11.1 Å². The van der Waals surface area contributed by atoms with Crippen LogP contribution in [0.1, 0.15) is 116 Å². The highest BCUT2D eigenvalue weighted by atomic mass is 16.2. The highest BCUT2D eigenvalue weighted by Gasteiger charge is 2.16. The Hall–Kier alpha value is -0.730. The molecule has 0 spiro atoms. The maximum absolute atomic E-state index is 11.2. The molecule has 142 valence electrons. The molecule has 0 aliphatic heterocycles. The van der Waals surface area contributed by atoms with Crippen molar-refractivity contribution in [1.29, 1.82) is 0 Å². The van der Waals surface area contributed by atoms with Gasteiger partial charge in [-0.05, 0) is 25.2 Å². The van der Waals surface area contributed by atoms with E-state index in [2.05, 4.69) is 12.2 Å². The molecule has 0 radical (unpaired) electrons. The van der Waals surface area contributed by atoms with Crippen molar-refractivity contribution >= 4 is 6.03 Å². The van der Waals surface area contributed by atoms with Crippen LogP contribution in [0.5, 0.6) is 0 Å². The largest absolute Gasteiger partial charge is 0.352 e. The van der Waals surface area contributed by atoms with Gasteiger partial charge in [0.15, 0.2) is 0 Å². The summed E-state index contributed by atoms with van der Waals surface area (Å²) in [7, 11) is 0. The van der Waals surface area contributed by atoms with Crippen LogP contribution in [0.4, 0.5) is 4.79 Å². The van der Waals surface area contributed by atoms with Crippen LogP contribution in [0.15, 0.2) is 0 Å². The molecular weight excluding hydrogens is 296 g/mol. The molecule has 1 fully saturated rings. The predicted octanol–water partition coefficient (Wildman–Crippen LogP) is 6.30. The maximum Gasteiger partial charge on any atom is 0.312 e. The zero-order chi connectivity index (χ0) is 17.5. The summed E-state index contributed by atoms with van der Waals surface area (Å²) in [5.41, 5.74) is 5.36. The lowest BCUT2D eigenvalue weighted by atomic mass is 9.84. The zero-order valence-electron chi connectivity index (χ0n) is 16.2. The monoisotopic (exact) mass is 338 g/mol. The number of carbonyl (C=O) groups is 1. The van der Waals surface area contributed by atoms with Gasteiger partial charge in [0.25, 0.3) is 0 Å². The highest BCUT2D eigenvalue weighted by Crippen LogP contribution is 2.28. The van der Waals surface area contributed by atoms with Crippen LogP contribution in [-0.4, -0.2) is 12.1 Å². The predicted molar refractivity (Wildman–Crippen MR) is 104 cm³/mol. The maximum atomic E-state index is 11.2. The number of carbonyl (C=O) groups excluding carboxylic acids is 1. The molecule has 3 heteroatoms. The molecule has 1 aliphatic rings. The summed E-state index contributed by atoms with van der Waals surface area (Å²) < 4.78 is 0. The SMILES string of the molecule is CCCCCCCCCCCC(CCC1CCCCC1)NC(N)=O. The molecule has 0 saturated heterocycles. The van der Waals surface area contributed by atoms with E-state index in [4.69, 9.17) is 5.73 Å². The molecule has 1 aliphatic carbocycles. The van der Waals surface area contributed by atoms with Crippen LogP contribution in [0.25, 0.3) is 0 Å². The van der Waals surface area contributed by atoms with Crippen molar-refractivity contribution in [3.05, 3.63) is 0 Å². The average Bonchev–Trinajstić information content (AvgIpc) is 2.58. The first-order valence-electron chi connectivity index (χ1n) is 10.8. The van der Waals surface area contributed by atoms with Gasteiger partial charge in [-0.1, -0.05) is 96.8 Å². The first kappa shape index (κ1) is 21.3. The molecule has 0 heterocycles. The number of rotatable bonds is 14. The van der Waals surface area contributed by atoms with Gasteiger partial charge in [0.2, 0.25) is 0 Å². The van der Waals surface area contributed by atoms with Crippen molar-refractivity contribution in [2.75, 3.05) is 0 Å². The van der Waals surface area contributed by atoms with E-state index < -0.39 is 0 Å². The molecule has 0 aromatic heterocycles. The first-order valence-corrected chi connectivity index (χ1v) is 10.8. The highest BCUT2D eigenvalue weighted by molar-refractivity contribution is 5.71. The number of urea groups is 1. The van der Waals surface area contributed by atoms with Gasteiger partial charge in [0, 0.05) is 6.04 Å². The summed E-state index contributed by atoms with van der Waals surface area (Å²) in [5, 5.41) is 2.98. The van der Waals surface area contributed by atoms with Crippen molar-refractivity contribution in [3.63, 3.8) is 0 Å². The molecule has 0 bridgehead atoms. The van der Waals surface area contributed by atoms with E-state index in [0.717, 1.165) is 18.8 Å². The lowest BCUT2D eigenvalue weighted by Gasteiger charge is -2.24. The van der Waals surface area contributed by atoms with E-state index >= 15 is 0 Å². The normalized spacial score (nSPS) is 16.9. The van der Waals surface area contributed by atoms with E-state index in [1.165, 1.54) is 96.3 Å². The van der Waals surface area contributed by atoms with Crippen molar-refractivity contribution in [1.82, 2.24) is 5.32 Å². The average molecular weight is 339 g/mol. The Morgan fingerprint density at radius 2 is 1.50 bits per heavy atom. The summed E-state index contributed by atoms with van der Waals surface area (Å²) in [6.45, 7) is 2.27. The van der Waals surface area contributed by atoms with Gasteiger partial charge in [-0.3, -0.25) is 0 Å². The Kier molecular flexibility index (Phi) is 13.0. The molecule has 1 saturated carbocycles. The van der Waals surface area contributed by atoms with Gasteiger partial charge in [0.05, 0.1) is 0 Å². The van der Waals surface area contributed by atoms with Crippen LogP contribution in [0.3, 0.4) is 0 Å². The second-order valence-corrected chi connectivity index (χ2v) is 7.90. The van der Waals surface area contributed by atoms with E-state index in [0.29, 0.717) is 6.04 Å². The first-order chi connectivity index (χ1) is 11.7. The fraction of sp³-hybridized carbons (Fsp3) is 0.952. The van der Waals surface area contributed by atoms with Crippen molar-refractivity contribution in [3.8, 4) is 0 Å². The molecule has 3 nitrogen and oxygen atoms in total. The Labute approximate surface area is 150 Å². The van der Waals surface area contributed by atoms with Gasteiger partial charge in [-0.2, -0.15) is 0 Å². The van der Waals surface area contributed by atoms with Crippen molar-refractivity contribution < 1.29 is 4.79 Å². The number of hydrogen-bond acceptors (Lipinski definition) is 1. The third-order valence-electron chi connectivity index (χ3n) is 5.65. The third kappa shape index (κ3) is 11.8. The summed E-state index contributed by atoms with van der Waals surface area (Å²) >= 11 is 0. The number of amides is 2. The quantitative estimate of drug-likeness (QED) is 0.358. The molecule has 0 aromatic carbocycles.